The Morgan fingerprint density at radius 1 is 1.29 bits per heavy atom. The van der Waals surface area contributed by atoms with Crippen LogP contribution < -0.4 is 5.32 Å². The standard InChI is InChI=1S/C11H18N2O/c1-2-4-6-11(5-3-1)12-7-10-8-13-14-9-10/h8-9,11-12H,1-7H2. The second kappa shape index (κ2) is 5.15. The number of nitrogens with one attached hydrogen (secondary N) is 1. The Morgan fingerprint density at radius 3 is 2.71 bits per heavy atom. The molecule has 1 fully saturated rings. The molecule has 0 aromatic carbocycles. The van der Waals surface area contributed by atoms with Gasteiger partial charge in [-0.05, 0) is 12.8 Å². The summed E-state index contributed by atoms with van der Waals surface area (Å²) in [6.07, 6.45) is 11.7. The molecule has 14 heavy (non-hydrogen) atoms. The van der Waals surface area contributed by atoms with Crippen LogP contribution in [-0.2, 0) is 6.54 Å². The van der Waals surface area contributed by atoms with Crippen LogP contribution in [0, 0.1) is 0 Å². The molecule has 0 saturated heterocycles. The van der Waals surface area contributed by atoms with Gasteiger partial charge >= 0.3 is 0 Å². The van der Waals surface area contributed by atoms with Gasteiger partial charge in [-0.15, -0.1) is 0 Å². The Bertz CT molecular complexity index is 238. The number of hydrogen-bond acceptors (Lipinski definition) is 3. The van der Waals surface area contributed by atoms with Crippen molar-refractivity contribution in [3.8, 4) is 0 Å². The van der Waals surface area contributed by atoms with Crippen molar-refractivity contribution < 1.29 is 4.52 Å². The Labute approximate surface area is 84.9 Å². The van der Waals surface area contributed by atoms with Gasteiger partial charge in [-0.25, -0.2) is 0 Å². The molecule has 0 unspecified atom stereocenters. The Hall–Kier alpha value is -0.830. The molecule has 3 heteroatoms. The molecule has 1 aliphatic carbocycles. The van der Waals surface area contributed by atoms with Crippen molar-refractivity contribution in [3.05, 3.63) is 18.0 Å². The molecule has 1 saturated carbocycles. The third-order valence-corrected chi connectivity index (χ3v) is 2.93. The molecule has 0 radical (unpaired) electrons. The third-order valence-electron chi connectivity index (χ3n) is 2.93. The number of rotatable bonds is 3. The fourth-order valence-electron chi connectivity index (χ4n) is 2.06. The van der Waals surface area contributed by atoms with E-state index in [-0.39, 0.29) is 0 Å². The van der Waals surface area contributed by atoms with Crippen molar-refractivity contribution >= 4 is 0 Å². The van der Waals surface area contributed by atoms with Crippen LogP contribution in [0.1, 0.15) is 44.1 Å². The molecular formula is C11H18N2O. The van der Waals surface area contributed by atoms with Crippen LogP contribution in [0.5, 0.6) is 0 Å². The lowest BCUT2D eigenvalue weighted by molar-refractivity contribution is 0.416. The number of nitrogens with zero attached hydrogens (tertiary/aromatic N) is 1. The minimum atomic E-state index is 0.701. The van der Waals surface area contributed by atoms with Gasteiger partial charge in [0.05, 0.1) is 6.20 Å². The highest BCUT2D eigenvalue weighted by Gasteiger charge is 2.11. The van der Waals surface area contributed by atoms with E-state index in [0.29, 0.717) is 6.04 Å². The molecule has 0 atom stereocenters. The topological polar surface area (TPSA) is 38.1 Å². The van der Waals surface area contributed by atoms with E-state index in [1.54, 1.807) is 12.5 Å². The van der Waals surface area contributed by atoms with Gasteiger partial charge in [0, 0.05) is 18.2 Å². The summed E-state index contributed by atoms with van der Waals surface area (Å²) in [5.41, 5.74) is 1.15. The quantitative estimate of drug-likeness (QED) is 0.751. The van der Waals surface area contributed by atoms with Crippen LogP contribution in [-0.4, -0.2) is 11.2 Å². The zero-order valence-electron chi connectivity index (χ0n) is 8.54. The maximum Gasteiger partial charge on any atom is 0.128 e. The van der Waals surface area contributed by atoms with Gasteiger partial charge in [-0.3, -0.25) is 0 Å². The van der Waals surface area contributed by atoms with Crippen molar-refractivity contribution in [2.75, 3.05) is 0 Å². The summed E-state index contributed by atoms with van der Waals surface area (Å²) in [4.78, 5) is 0. The summed E-state index contributed by atoms with van der Waals surface area (Å²) >= 11 is 0. The smallest absolute Gasteiger partial charge is 0.128 e. The van der Waals surface area contributed by atoms with Crippen molar-refractivity contribution in [3.63, 3.8) is 0 Å². The average Bonchev–Trinajstić information content (AvgIpc) is 2.58. The summed E-state index contributed by atoms with van der Waals surface area (Å²) < 4.78 is 4.79. The molecule has 0 bridgehead atoms. The first-order chi connectivity index (χ1) is 6.95. The largest absolute Gasteiger partial charge is 0.364 e. The van der Waals surface area contributed by atoms with E-state index in [9.17, 15) is 0 Å². The third kappa shape index (κ3) is 2.84. The summed E-state index contributed by atoms with van der Waals surface area (Å²) in [6.45, 7) is 0.897. The van der Waals surface area contributed by atoms with E-state index >= 15 is 0 Å². The lowest BCUT2D eigenvalue weighted by Crippen LogP contribution is -2.27. The minimum Gasteiger partial charge on any atom is -0.364 e. The van der Waals surface area contributed by atoms with Gasteiger partial charge in [0.15, 0.2) is 0 Å². The van der Waals surface area contributed by atoms with Gasteiger partial charge in [0.2, 0.25) is 0 Å². The molecule has 3 nitrogen and oxygen atoms in total. The summed E-state index contributed by atoms with van der Waals surface area (Å²) in [7, 11) is 0. The normalized spacial score (nSPS) is 19.4. The fraction of sp³-hybridized carbons (Fsp3) is 0.727. The molecule has 78 valence electrons. The van der Waals surface area contributed by atoms with Crippen molar-refractivity contribution in [1.29, 1.82) is 0 Å². The maximum atomic E-state index is 4.79. The zero-order valence-corrected chi connectivity index (χ0v) is 8.54. The molecule has 0 amide bonds. The van der Waals surface area contributed by atoms with Crippen LogP contribution in [0.2, 0.25) is 0 Å². The van der Waals surface area contributed by atoms with E-state index in [1.165, 1.54) is 38.5 Å². The van der Waals surface area contributed by atoms with E-state index in [4.69, 9.17) is 4.52 Å². The molecule has 1 aliphatic rings. The molecular weight excluding hydrogens is 176 g/mol. The van der Waals surface area contributed by atoms with Gasteiger partial charge in [-0.1, -0.05) is 30.8 Å². The van der Waals surface area contributed by atoms with E-state index in [0.717, 1.165) is 12.1 Å². The van der Waals surface area contributed by atoms with Crippen molar-refractivity contribution in [2.24, 2.45) is 0 Å². The molecule has 1 aromatic heterocycles. The van der Waals surface area contributed by atoms with Crippen LogP contribution in [0.3, 0.4) is 0 Å². The highest BCUT2D eigenvalue weighted by atomic mass is 16.5. The van der Waals surface area contributed by atoms with Crippen LogP contribution in [0.15, 0.2) is 17.0 Å². The van der Waals surface area contributed by atoms with Crippen molar-refractivity contribution in [2.45, 2.75) is 51.1 Å². The molecule has 1 N–H and O–H groups in total. The average molecular weight is 194 g/mol. The van der Waals surface area contributed by atoms with Crippen molar-refractivity contribution in [1.82, 2.24) is 10.5 Å². The number of aromatic nitrogens is 1. The summed E-state index contributed by atoms with van der Waals surface area (Å²) in [6, 6.07) is 0.701. The fourth-order valence-corrected chi connectivity index (χ4v) is 2.06. The van der Waals surface area contributed by atoms with Gasteiger partial charge in [-0.2, -0.15) is 0 Å². The lowest BCUT2D eigenvalue weighted by Gasteiger charge is -2.14. The predicted molar refractivity (Wildman–Crippen MR) is 54.8 cm³/mol. The van der Waals surface area contributed by atoms with Crippen LogP contribution in [0.4, 0.5) is 0 Å². The van der Waals surface area contributed by atoms with Gasteiger partial charge in [0.1, 0.15) is 6.26 Å². The maximum absolute atomic E-state index is 4.79. The predicted octanol–water partition coefficient (Wildman–Crippen LogP) is 2.49. The first-order valence-electron chi connectivity index (χ1n) is 5.57. The van der Waals surface area contributed by atoms with Gasteiger partial charge < -0.3 is 9.84 Å². The Kier molecular flexibility index (Phi) is 3.57. The Morgan fingerprint density at radius 2 is 2.07 bits per heavy atom. The van der Waals surface area contributed by atoms with E-state index in [2.05, 4.69) is 10.5 Å². The zero-order chi connectivity index (χ0) is 9.64. The first kappa shape index (κ1) is 9.71. The lowest BCUT2D eigenvalue weighted by atomic mass is 10.1. The van der Waals surface area contributed by atoms with E-state index < -0.39 is 0 Å². The van der Waals surface area contributed by atoms with E-state index in [1.807, 2.05) is 0 Å². The number of hydrogen-bond donors (Lipinski definition) is 1. The Balaban J connectivity index is 1.73. The first-order valence-corrected chi connectivity index (χ1v) is 5.57. The SMILES string of the molecule is c1nocc1CNC1CCCCCC1. The molecule has 2 rings (SSSR count). The molecule has 1 aromatic rings. The second-order valence-electron chi connectivity index (χ2n) is 4.10. The van der Waals surface area contributed by atoms with Crippen LogP contribution >= 0.6 is 0 Å². The molecule has 0 aliphatic heterocycles. The second-order valence-corrected chi connectivity index (χ2v) is 4.10. The van der Waals surface area contributed by atoms with Crippen LogP contribution in [0.25, 0.3) is 0 Å². The summed E-state index contributed by atoms with van der Waals surface area (Å²) in [5, 5.41) is 7.25. The van der Waals surface area contributed by atoms with Gasteiger partial charge in [0.25, 0.3) is 0 Å². The highest BCUT2D eigenvalue weighted by Crippen LogP contribution is 2.17. The molecule has 0 spiro atoms. The summed E-state index contributed by atoms with van der Waals surface area (Å²) in [5.74, 6) is 0. The monoisotopic (exact) mass is 194 g/mol. The highest BCUT2D eigenvalue weighted by molar-refractivity contribution is 4.99. The molecule has 1 heterocycles. The minimum absolute atomic E-state index is 0.701.